The molecule has 6 heteroatoms. The molecule has 1 aliphatic carbocycles. The van der Waals surface area contributed by atoms with Gasteiger partial charge in [-0.2, -0.15) is 8.42 Å². The van der Waals surface area contributed by atoms with Crippen molar-refractivity contribution in [3.63, 3.8) is 0 Å². The largest absolute Gasteiger partial charge is 0.352 e. The van der Waals surface area contributed by atoms with Crippen LogP contribution in [0.1, 0.15) is 24.8 Å². The van der Waals surface area contributed by atoms with Crippen LogP contribution in [-0.4, -0.2) is 24.1 Å². The topological polar surface area (TPSA) is 83.5 Å². The van der Waals surface area contributed by atoms with E-state index < -0.39 is 15.4 Å². The van der Waals surface area contributed by atoms with Crippen molar-refractivity contribution < 1.29 is 17.8 Å². The first kappa shape index (κ1) is 14.0. The van der Waals surface area contributed by atoms with E-state index in [0.717, 1.165) is 5.56 Å². The monoisotopic (exact) mass is 283 g/mol. The minimum absolute atomic E-state index is 0.144. The molecule has 0 unspecified atom stereocenters. The third kappa shape index (κ3) is 3.78. The standard InChI is InChI=1S/C13H17NO4S/c15-13(14-9-10-4-2-1-3-5-10)11-6-7-12(8-11)19(16,17)18/h1-5,11-12H,6-9H2,(H,14,15)(H,16,17,18)/t11-,12+/m0/s1. The molecule has 1 aromatic rings. The maximum absolute atomic E-state index is 11.9. The summed E-state index contributed by atoms with van der Waals surface area (Å²) in [6.07, 6.45) is 1.06. The van der Waals surface area contributed by atoms with Gasteiger partial charge < -0.3 is 5.32 Å². The summed E-state index contributed by atoms with van der Waals surface area (Å²) in [5.74, 6) is -0.467. The Morgan fingerprint density at radius 2 is 1.95 bits per heavy atom. The van der Waals surface area contributed by atoms with Crippen LogP contribution >= 0.6 is 0 Å². The molecule has 0 bridgehead atoms. The van der Waals surface area contributed by atoms with Gasteiger partial charge in [0.15, 0.2) is 0 Å². The second kappa shape index (κ2) is 5.71. The van der Waals surface area contributed by atoms with Gasteiger partial charge in [-0.05, 0) is 24.8 Å². The Bertz CT molecular complexity index is 541. The molecule has 2 atom stereocenters. The van der Waals surface area contributed by atoms with Gasteiger partial charge in [-0.1, -0.05) is 30.3 Å². The molecule has 0 spiro atoms. The Labute approximate surface area is 112 Å². The minimum Gasteiger partial charge on any atom is -0.352 e. The van der Waals surface area contributed by atoms with Crippen LogP contribution in [0.15, 0.2) is 30.3 Å². The van der Waals surface area contributed by atoms with Crippen molar-refractivity contribution in [2.45, 2.75) is 31.1 Å². The predicted octanol–water partition coefficient (Wildman–Crippen LogP) is 1.36. The van der Waals surface area contributed by atoms with Gasteiger partial charge in [0, 0.05) is 12.5 Å². The van der Waals surface area contributed by atoms with Gasteiger partial charge in [-0.15, -0.1) is 0 Å². The molecule has 104 valence electrons. The zero-order chi connectivity index (χ0) is 13.9. The fourth-order valence-electron chi connectivity index (χ4n) is 2.38. The quantitative estimate of drug-likeness (QED) is 0.817. The Morgan fingerprint density at radius 1 is 1.26 bits per heavy atom. The average Bonchev–Trinajstić information content (AvgIpc) is 2.87. The lowest BCUT2D eigenvalue weighted by Gasteiger charge is -2.11. The van der Waals surface area contributed by atoms with E-state index in [9.17, 15) is 13.2 Å². The van der Waals surface area contributed by atoms with Gasteiger partial charge in [-0.25, -0.2) is 0 Å². The lowest BCUT2D eigenvalue weighted by atomic mass is 10.1. The number of hydrogen-bond donors (Lipinski definition) is 2. The van der Waals surface area contributed by atoms with Crippen LogP contribution < -0.4 is 5.32 Å². The maximum Gasteiger partial charge on any atom is 0.267 e. The molecule has 2 rings (SSSR count). The van der Waals surface area contributed by atoms with Gasteiger partial charge in [0.1, 0.15) is 0 Å². The van der Waals surface area contributed by atoms with Crippen LogP contribution in [0.4, 0.5) is 0 Å². The van der Waals surface area contributed by atoms with Crippen LogP contribution in [0.25, 0.3) is 0 Å². The third-order valence-corrected chi connectivity index (χ3v) is 4.76. The van der Waals surface area contributed by atoms with Gasteiger partial charge in [0.2, 0.25) is 5.91 Å². The molecule has 19 heavy (non-hydrogen) atoms. The second-order valence-electron chi connectivity index (χ2n) is 4.85. The van der Waals surface area contributed by atoms with E-state index in [1.54, 1.807) is 0 Å². The lowest BCUT2D eigenvalue weighted by Crippen LogP contribution is -2.29. The van der Waals surface area contributed by atoms with E-state index in [4.69, 9.17) is 4.55 Å². The molecule has 2 N–H and O–H groups in total. The van der Waals surface area contributed by atoms with E-state index in [1.807, 2.05) is 30.3 Å². The molecular formula is C13H17NO4S. The number of benzene rings is 1. The van der Waals surface area contributed by atoms with E-state index in [1.165, 1.54) is 0 Å². The molecule has 1 aromatic carbocycles. The normalized spacial score (nSPS) is 23.2. The fraction of sp³-hybridized carbons (Fsp3) is 0.462. The third-order valence-electron chi connectivity index (χ3n) is 3.49. The van der Waals surface area contributed by atoms with Crippen molar-refractivity contribution >= 4 is 16.0 Å². The highest BCUT2D eigenvalue weighted by Gasteiger charge is 2.36. The summed E-state index contributed by atoms with van der Waals surface area (Å²) in [5.41, 5.74) is 1.00. The molecule has 0 heterocycles. The van der Waals surface area contributed by atoms with Gasteiger partial charge >= 0.3 is 0 Å². The highest BCUT2D eigenvalue weighted by atomic mass is 32.2. The summed E-state index contributed by atoms with van der Waals surface area (Å²) in [5, 5.41) is 2.01. The SMILES string of the molecule is O=C(NCc1ccccc1)[C@H]1CC[C@@H](S(=O)(=O)O)C1. The lowest BCUT2D eigenvalue weighted by molar-refractivity contribution is -0.124. The Balaban J connectivity index is 1.85. The second-order valence-corrected chi connectivity index (χ2v) is 6.55. The van der Waals surface area contributed by atoms with Crippen molar-refractivity contribution in [3.8, 4) is 0 Å². The molecule has 0 aliphatic heterocycles. The van der Waals surface area contributed by atoms with Crippen LogP contribution in [0.2, 0.25) is 0 Å². The summed E-state index contributed by atoms with van der Waals surface area (Å²) >= 11 is 0. The Hall–Kier alpha value is -1.40. The van der Waals surface area contributed by atoms with E-state index in [0.29, 0.717) is 19.4 Å². The zero-order valence-corrected chi connectivity index (χ0v) is 11.3. The summed E-state index contributed by atoms with van der Waals surface area (Å²) in [6, 6.07) is 9.52. The first-order valence-electron chi connectivity index (χ1n) is 6.25. The molecule has 0 aromatic heterocycles. The van der Waals surface area contributed by atoms with Crippen molar-refractivity contribution in [2.24, 2.45) is 5.92 Å². The van der Waals surface area contributed by atoms with Crippen LogP contribution in [0.5, 0.6) is 0 Å². The molecule has 1 fully saturated rings. The fourth-order valence-corrected chi connectivity index (χ4v) is 3.29. The molecule has 5 nitrogen and oxygen atoms in total. The number of hydrogen-bond acceptors (Lipinski definition) is 3. The molecule has 1 saturated carbocycles. The molecule has 0 saturated heterocycles. The number of carbonyl (C=O) groups excluding carboxylic acids is 1. The van der Waals surface area contributed by atoms with E-state index in [-0.39, 0.29) is 18.2 Å². The Morgan fingerprint density at radius 3 is 2.53 bits per heavy atom. The van der Waals surface area contributed by atoms with Gasteiger partial charge in [-0.3, -0.25) is 9.35 Å². The molecule has 0 radical (unpaired) electrons. The van der Waals surface area contributed by atoms with E-state index >= 15 is 0 Å². The van der Waals surface area contributed by atoms with Crippen LogP contribution in [-0.2, 0) is 21.5 Å². The van der Waals surface area contributed by atoms with Crippen LogP contribution in [0.3, 0.4) is 0 Å². The van der Waals surface area contributed by atoms with Crippen molar-refractivity contribution in [3.05, 3.63) is 35.9 Å². The highest BCUT2D eigenvalue weighted by molar-refractivity contribution is 7.86. The molecule has 1 amide bonds. The van der Waals surface area contributed by atoms with E-state index in [2.05, 4.69) is 5.32 Å². The number of rotatable bonds is 4. The first-order chi connectivity index (χ1) is 8.97. The maximum atomic E-state index is 11.9. The minimum atomic E-state index is -4.02. The number of carbonyl (C=O) groups is 1. The van der Waals surface area contributed by atoms with Crippen molar-refractivity contribution in [1.82, 2.24) is 5.32 Å². The van der Waals surface area contributed by atoms with Crippen LogP contribution in [0, 0.1) is 5.92 Å². The summed E-state index contributed by atoms with van der Waals surface area (Å²) in [6.45, 7) is 0.437. The summed E-state index contributed by atoms with van der Waals surface area (Å²) in [7, 11) is -4.02. The van der Waals surface area contributed by atoms with Crippen molar-refractivity contribution in [1.29, 1.82) is 0 Å². The smallest absolute Gasteiger partial charge is 0.267 e. The number of amides is 1. The summed E-state index contributed by atoms with van der Waals surface area (Å²) in [4.78, 5) is 11.9. The molecule has 1 aliphatic rings. The first-order valence-corrected chi connectivity index (χ1v) is 7.75. The Kier molecular flexibility index (Phi) is 4.21. The average molecular weight is 283 g/mol. The van der Waals surface area contributed by atoms with Gasteiger partial charge in [0.05, 0.1) is 5.25 Å². The zero-order valence-electron chi connectivity index (χ0n) is 10.5. The molecular weight excluding hydrogens is 266 g/mol. The summed E-state index contributed by atoms with van der Waals surface area (Å²) < 4.78 is 31.0. The van der Waals surface area contributed by atoms with Crippen molar-refractivity contribution in [2.75, 3.05) is 0 Å². The predicted molar refractivity (Wildman–Crippen MR) is 71.0 cm³/mol. The van der Waals surface area contributed by atoms with Gasteiger partial charge in [0.25, 0.3) is 10.1 Å². The highest BCUT2D eigenvalue weighted by Crippen LogP contribution is 2.30. The number of nitrogens with one attached hydrogen (secondary N) is 1.